The molecular formula is C19H15Cl2N3O. The Bertz CT molecular complexity index is 919. The van der Waals surface area contributed by atoms with Crippen LogP contribution in [0.2, 0.25) is 10.0 Å². The van der Waals surface area contributed by atoms with Crippen LogP contribution in [0.5, 0.6) is 0 Å². The zero-order chi connectivity index (χ0) is 18.0. The molecule has 2 aromatic rings. The molecule has 126 valence electrons. The SMILES string of the molecule is C=CCN1C(=O)/C(=N\N=C(\C)c2ccc(Cl)cc2Cl)c2ccccc21. The molecular weight excluding hydrogens is 357 g/mol. The van der Waals surface area contributed by atoms with Gasteiger partial charge in [-0.1, -0.05) is 53.5 Å². The Hall–Kier alpha value is -2.43. The molecule has 1 amide bonds. The molecule has 1 aliphatic rings. The van der Waals surface area contributed by atoms with Gasteiger partial charge in [-0.2, -0.15) is 5.10 Å². The number of halogens is 2. The van der Waals surface area contributed by atoms with Gasteiger partial charge in [0.15, 0.2) is 5.71 Å². The van der Waals surface area contributed by atoms with Gasteiger partial charge < -0.3 is 4.90 Å². The largest absolute Gasteiger partial charge is 0.302 e. The van der Waals surface area contributed by atoms with E-state index in [-0.39, 0.29) is 5.91 Å². The molecule has 0 saturated carbocycles. The molecule has 3 rings (SSSR count). The number of benzene rings is 2. The summed E-state index contributed by atoms with van der Waals surface area (Å²) in [6.07, 6.45) is 1.68. The zero-order valence-electron chi connectivity index (χ0n) is 13.5. The van der Waals surface area contributed by atoms with Crippen molar-refractivity contribution in [2.24, 2.45) is 10.2 Å². The van der Waals surface area contributed by atoms with Crippen LogP contribution in [0, 0.1) is 0 Å². The van der Waals surface area contributed by atoms with Crippen molar-refractivity contribution in [1.29, 1.82) is 0 Å². The van der Waals surface area contributed by atoms with Crippen molar-refractivity contribution in [2.75, 3.05) is 11.4 Å². The maximum absolute atomic E-state index is 12.6. The van der Waals surface area contributed by atoms with Gasteiger partial charge in [-0.3, -0.25) is 4.79 Å². The van der Waals surface area contributed by atoms with E-state index in [9.17, 15) is 4.79 Å². The van der Waals surface area contributed by atoms with Crippen LogP contribution in [-0.4, -0.2) is 23.9 Å². The van der Waals surface area contributed by atoms with Crippen LogP contribution in [0.25, 0.3) is 0 Å². The number of hydrogen-bond acceptors (Lipinski definition) is 3. The summed E-state index contributed by atoms with van der Waals surface area (Å²) in [5.41, 5.74) is 3.19. The Morgan fingerprint density at radius 2 is 2.00 bits per heavy atom. The predicted molar refractivity (Wildman–Crippen MR) is 104 cm³/mol. The van der Waals surface area contributed by atoms with Gasteiger partial charge >= 0.3 is 0 Å². The van der Waals surface area contributed by atoms with Crippen LogP contribution in [0.4, 0.5) is 5.69 Å². The Morgan fingerprint density at radius 1 is 1.24 bits per heavy atom. The van der Waals surface area contributed by atoms with Crippen molar-refractivity contribution in [3.05, 3.63) is 76.3 Å². The fourth-order valence-electron chi connectivity index (χ4n) is 2.63. The maximum Gasteiger partial charge on any atom is 0.279 e. The Kier molecular flexibility index (Phi) is 5.02. The third kappa shape index (κ3) is 3.36. The van der Waals surface area contributed by atoms with E-state index in [1.807, 2.05) is 24.3 Å². The van der Waals surface area contributed by atoms with Gasteiger partial charge in [-0.05, 0) is 25.1 Å². The number of carbonyl (C=O) groups is 1. The second kappa shape index (κ2) is 7.21. The molecule has 0 atom stereocenters. The fraction of sp³-hybridized carbons (Fsp3) is 0.105. The lowest BCUT2D eigenvalue weighted by Gasteiger charge is -2.13. The Labute approximate surface area is 156 Å². The second-order valence-corrected chi connectivity index (χ2v) is 6.32. The minimum absolute atomic E-state index is 0.195. The van der Waals surface area contributed by atoms with Crippen LogP contribution >= 0.6 is 23.2 Å². The van der Waals surface area contributed by atoms with E-state index in [1.165, 1.54) is 0 Å². The quantitative estimate of drug-likeness (QED) is 0.434. The molecule has 0 aliphatic carbocycles. The van der Waals surface area contributed by atoms with Crippen LogP contribution in [0.1, 0.15) is 18.1 Å². The second-order valence-electron chi connectivity index (χ2n) is 5.48. The average Bonchev–Trinajstić information content (AvgIpc) is 2.85. The first-order valence-corrected chi connectivity index (χ1v) is 8.38. The molecule has 25 heavy (non-hydrogen) atoms. The molecule has 0 saturated heterocycles. The van der Waals surface area contributed by atoms with E-state index in [0.717, 1.165) is 16.8 Å². The third-order valence-corrected chi connectivity index (χ3v) is 4.38. The Balaban J connectivity index is 2.00. The maximum atomic E-state index is 12.6. The highest BCUT2D eigenvalue weighted by molar-refractivity contribution is 6.54. The minimum Gasteiger partial charge on any atom is -0.302 e. The van der Waals surface area contributed by atoms with Crippen LogP contribution in [0.3, 0.4) is 0 Å². The predicted octanol–water partition coefficient (Wildman–Crippen LogP) is 4.74. The molecule has 0 fully saturated rings. The highest BCUT2D eigenvalue weighted by atomic mass is 35.5. The number of nitrogens with zero attached hydrogens (tertiary/aromatic N) is 3. The van der Waals surface area contributed by atoms with E-state index < -0.39 is 0 Å². The van der Waals surface area contributed by atoms with Crippen molar-refractivity contribution < 1.29 is 4.79 Å². The van der Waals surface area contributed by atoms with Crippen LogP contribution in [0.15, 0.2) is 65.3 Å². The van der Waals surface area contributed by atoms with E-state index in [2.05, 4.69) is 16.8 Å². The van der Waals surface area contributed by atoms with Gasteiger partial charge in [0.2, 0.25) is 0 Å². The summed E-state index contributed by atoms with van der Waals surface area (Å²) in [5, 5.41) is 9.46. The average molecular weight is 372 g/mol. The summed E-state index contributed by atoms with van der Waals surface area (Å²) in [7, 11) is 0. The smallest absolute Gasteiger partial charge is 0.279 e. The lowest BCUT2D eigenvalue weighted by atomic mass is 10.1. The summed E-state index contributed by atoms with van der Waals surface area (Å²) >= 11 is 12.1. The number of fused-ring (bicyclic) bond motifs is 1. The van der Waals surface area contributed by atoms with E-state index >= 15 is 0 Å². The fourth-order valence-corrected chi connectivity index (χ4v) is 3.18. The molecule has 0 bridgehead atoms. The zero-order valence-corrected chi connectivity index (χ0v) is 15.1. The van der Waals surface area contributed by atoms with Crippen molar-refractivity contribution in [3.8, 4) is 0 Å². The van der Waals surface area contributed by atoms with Crippen LogP contribution < -0.4 is 4.90 Å². The van der Waals surface area contributed by atoms with Crippen molar-refractivity contribution in [2.45, 2.75) is 6.92 Å². The van der Waals surface area contributed by atoms with Gasteiger partial charge in [0.1, 0.15) is 0 Å². The molecule has 0 radical (unpaired) electrons. The van der Waals surface area contributed by atoms with Crippen molar-refractivity contribution in [3.63, 3.8) is 0 Å². The van der Waals surface area contributed by atoms with Gasteiger partial charge in [-0.25, -0.2) is 0 Å². The van der Waals surface area contributed by atoms with Gasteiger partial charge in [0, 0.05) is 22.7 Å². The first-order valence-electron chi connectivity index (χ1n) is 7.62. The lowest BCUT2D eigenvalue weighted by molar-refractivity contribution is -0.112. The molecule has 0 unspecified atom stereocenters. The topological polar surface area (TPSA) is 45.0 Å². The molecule has 2 aromatic carbocycles. The number of hydrogen-bond donors (Lipinski definition) is 0. The summed E-state index contributed by atoms with van der Waals surface area (Å²) in [5.74, 6) is -0.195. The normalized spacial score (nSPS) is 15.6. The molecule has 0 N–H and O–H groups in total. The van der Waals surface area contributed by atoms with E-state index in [4.69, 9.17) is 23.2 Å². The van der Waals surface area contributed by atoms with Gasteiger partial charge in [0.25, 0.3) is 5.91 Å². The van der Waals surface area contributed by atoms with E-state index in [0.29, 0.717) is 28.0 Å². The number of amides is 1. The highest BCUT2D eigenvalue weighted by Crippen LogP contribution is 2.29. The number of carbonyl (C=O) groups excluding carboxylic acids is 1. The minimum atomic E-state index is -0.195. The summed E-state index contributed by atoms with van der Waals surface area (Å²) in [4.78, 5) is 14.3. The number of rotatable bonds is 4. The molecule has 1 heterocycles. The van der Waals surface area contributed by atoms with Crippen molar-refractivity contribution in [1.82, 2.24) is 0 Å². The van der Waals surface area contributed by atoms with Crippen molar-refractivity contribution >= 4 is 46.2 Å². The van der Waals surface area contributed by atoms with Crippen LogP contribution in [-0.2, 0) is 4.79 Å². The Morgan fingerprint density at radius 3 is 2.72 bits per heavy atom. The summed E-state index contributed by atoms with van der Waals surface area (Å²) < 4.78 is 0. The molecule has 1 aliphatic heterocycles. The molecule has 0 aromatic heterocycles. The standard InChI is InChI=1S/C19H15Cl2N3O/c1-3-10-24-17-7-5-4-6-15(17)18(19(24)25)23-22-12(2)14-9-8-13(20)11-16(14)21/h3-9,11H,1,10H2,2H3/b22-12-,23-18-. The number of para-hydroxylation sites is 1. The summed E-state index contributed by atoms with van der Waals surface area (Å²) in [6.45, 7) is 5.90. The number of anilines is 1. The summed E-state index contributed by atoms with van der Waals surface area (Å²) in [6, 6.07) is 12.6. The van der Waals surface area contributed by atoms with E-state index in [1.54, 1.807) is 36.1 Å². The van der Waals surface area contributed by atoms with Gasteiger partial charge in [-0.15, -0.1) is 11.7 Å². The molecule has 4 nitrogen and oxygen atoms in total. The molecule has 0 spiro atoms. The third-order valence-electron chi connectivity index (χ3n) is 3.83. The highest BCUT2D eigenvalue weighted by Gasteiger charge is 2.33. The lowest BCUT2D eigenvalue weighted by Crippen LogP contribution is -2.30. The van der Waals surface area contributed by atoms with Gasteiger partial charge in [0.05, 0.1) is 16.4 Å². The molecule has 6 heteroatoms. The first kappa shape index (κ1) is 17.4. The first-order chi connectivity index (χ1) is 12.0. The monoisotopic (exact) mass is 371 g/mol.